The Labute approximate surface area is 78.7 Å². The van der Waals surface area contributed by atoms with Crippen molar-refractivity contribution in [2.75, 3.05) is 0 Å². The smallest absolute Gasteiger partial charge is 0.212 e. The summed E-state index contributed by atoms with van der Waals surface area (Å²) in [7, 11) is 2.00. The lowest BCUT2D eigenvalue weighted by molar-refractivity contribution is 0.504. The van der Waals surface area contributed by atoms with Gasteiger partial charge in [-0.1, -0.05) is 19.8 Å². The predicted molar refractivity (Wildman–Crippen MR) is 50.8 cm³/mol. The van der Waals surface area contributed by atoms with Gasteiger partial charge in [-0.25, -0.2) is 8.42 Å². The standard InChI is InChI=1S/C8H15ClO2S/c1-7-3-2-4-8(6-5-7)12(9,10)11/h7-8H,2-6H2,1H3. The van der Waals surface area contributed by atoms with Gasteiger partial charge in [0.2, 0.25) is 9.05 Å². The molecular weight excluding hydrogens is 196 g/mol. The molecule has 0 bridgehead atoms. The van der Waals surface area contributed by atoms with Crippen molar-refractivity contribution in [3.63, 3.8) is 0 Å². The van der Waals surface area contributed by atoms with Gasteiger partial charge in [-0.2, -0.15) is 0 Å². The molecule has 12 heavy (non-hydrogen) atoms. The summed E-state index contributed by atoms with van der Waals surface area (Å²) in [5.74, 6) is 0.661. The molecule has 0 N–H and O–H groups in total. The molecule has 2 atom stereocenters. The summed E-state index contributed by atoms with van der Waals surface area (Å²) < 4.78 is 22.0. The average Bonchev–Trinajstić information content (AvgIpc) is 2.11. The number of hydrogen-bond acceptors (Lipinski definition) is 2. The van der Waals surface area contributed by atoms with Crippen molar-refractivity contribution in [1.82, 2.24) is 0 Å². The van der Waals surface area contributed by atoms with Crippen LogP contribution in [0.15, 0.2) is 0 Å². The highest BCUT2D eigenvalue weighted by Crippen LogP contribution is 2.28. The number of hydrogen-bond donors (Lipinski definition) is 0. The average molecular weight is 211 g/mol. The molecule has 0 spiro atoms. The van der Waals surface area contributed by atoms with Crippen molar-refractivity contribution in [3.05, 3.63) is 0 Å². The SMILES string of the molecule is CC1CCCC(S(=O)(=O)Cl)CC1. The van der Waals surface area contributed by atoms with Crippen molar-refractivity contribution in [1.29, 1.82) is 0 Å². The summed E-state index contributed by atoms with van der Waals surface area (Å²) in [6, 6.07) is 0. The van der Waals surface area contributed by atoms with Crippen LogP contribution in [-0.2, 0) is 9.05 Å². The van der Waals surface area contributed by atoms with E-state index in [1.54, 1.807) is 0 Å². The molecule has 4 heteroatoms. The molecule has 2 nitrogen and oxygen atoms in total. The predicted octanol–water partition coefficient (Wildman–Crippen LogP) is 2.52. The van der Waals surface area contributed by atoms with Crippen LogP contribution in [0.25, 0.3) is 0 Å². The van der Waals surface area contributed by atoms with Gasteiger partial charge in [-0.15, -0.1) is 0 Å². The zero-order valence-corrected chi connectivity index (χ0v) is 8.87. The van der Waals surface area contributed by atoms with Gasteiger partial charge >= 0.3 is 0 Å². The molecule has 0 aromatic rings. The molecule has 0 aromatic heterocycles. The quantitative estimate of drug-likeness (QED) is 0.493. The van der Waals surface area contributed by atoms with Crippen LogP contribution in [0.5, 0.6) is 0 Å². The first-order chi connectivity index (χ1) is 5.50. The van der Waals surface area contributed by atoms with Gasteiger partial charge in [-0.3, -0.25) is 0 Å². The minimum atomic E-state index is -3.30. The van der Waals surface area contributed by atoms with Crippen LogP contribution in [0, 0.1) is 5.92 Å². The molecule has 0 amide bonds. The molecule has 72 valence electrons. The van der Waals surface area contributed by atoms with Crippen LogP contribution >= 0.6 is 10.7 Å². The van der Waals surface area contributed by atoms with Crippen LogP contribution in [0.3, 0.4) is 0 Å². The van der Waals surface area contributed by atoms with Crippen molar-refractivity contribution >= 4 is 19.7 Å². The number of halogens is 1. The maximum atomic E-state index is 11.0. The minimum absolute atomic E-state index is 0.288. The van der Waals surface area contributed by atoms with E-state index in [-0.39, 0.29) is 5.25 Å². The van der Waals surface area contributed by atoms with Gasteiger partial charge in [0.25, 0.3) is 0 Å². The normalized spacial score (nSPS) is 32.8. The van der Waals surface area contributed by atoms with Crippen molar-refractivity contribution in [3.8, 4) is 0 Å². The van der Waals surface area contributed by atoms with E-state index >= 15 is 0 Å². The fraction of sp³-hybridized carbons (Fsp3) is 1.00. The highest BCUT2D eigenvalue weighted by atomic mass is 35.7. The lowest BCUT2D eigenvalue weighted by Gasteiger charge is -2.08. The maximum absolute atomic E-state index is 11.0. The summed E-state index contributed by atoms with van der Waals surface area (Å²) in [5, 5.41) is -0.288. The zero-order chi connectivity index (χ0) is 9.19. The van der Waals surface area contributed by atoms with Gasteiger partial charge < -0.3 is 0 Å². The largest absolute Gasteiger partial charge is 0.235 e. The van der Waals surface area contributed by atoms with E-state index < -0.39 is 9.05 Å². The van der Waals surface area contributed by atoms with Gasteiger partial charge in [0.05, 0.1) is 5.25 Å². The first-order valence-electron chi connectivity index (χ1n) is 4.43. The van der Waals surface area contributed by atoms with E-state index in [2.05, 4.69) is 6.92 Å². The van der Waals surface area contributed by atoms with E-state index in [0.717, 1.165) is 32.1 Å². The van der Waals surface area contributed by atoms with Gasteiger partial charge in [0.1, 0.15) is 0 Å². The Morgan fingerprint density at radius 1 is 1.17 bits per heavy atom. The second kappa shape index (κ2) is 3.97. The molecule has 1 rings (SSSR count). The van der Waals surface area contributed by atoms with Gasteiger partial charge in [0, 0.05) is 10.7 Å². The summed E-state index contributed by atoms with van der Waals surface area (Å²) >= 11 is 0. The lowest BCUT2D eigenvalue weighted by atomic mass is 10.0. The Hall–Kier alpha value is 0.240. The Bertz CT molecular complexity index is 235. The van der Waals surface area contributed by atoms with Crippen LogP contribution in [-0.4, -0.2) is 13.7 Å². The third-order valence-electron chi connectivity index (χ3n) is 2.60. The molecule has 2 unspecified atom stereocenters. The van der Waals surface area contributed by atoms with E-state index in [1.165, 1.54) is 0 Å². The zero-order valence-electron chi connectivity index (χ0n) is 7.29. The molecule has 1 aliphatic rings. The molecule has 0 aromatic carbocycles. The fourth-order valence-corrected chi connectivity index (χ4v) is 3.13. The van der Waals surface area contributed by atoms with Gasteiger partial charge in [0.15, 0.2) is 0 Å². The summed E-state index contributed by atoms with van der Waals surface area (Å²) in [4.78, 5) is 0. The summed E-state index contributed by atoms with van der Waals surface area (Å²) in [6.45, 7) is 2.17. The fourth-order valence-electron chi connectivity index (χ4n) is 1.73. The second-order valence-corrected chi connectivity index (χ2v) is 6.62. The molecule has 1 aliphatic carbocycles. The molecule has 1 fully saturated rings. The van der Waals surface area contributed by atoms with E-state index in [4.69, 9.17) is 10.7 Å². The third-order valence-corrected chi connectivity index (χ3v) is 4.63. The minimum Gasteiger partial charge on any atom is -0.212 e. The molecule has 0 heterocycles. The molecule has 0 radical (unpaired) electrons. The first-order valence-corrected chi connectivity index (χ1v) is 6.81. The van der Waals surface area contributed by atoms with Crippen LogP contribution < -0.4 is 0 Å². The molecule has 0 saturated heterocycles. The topological polar surface area (TPSA) is 34.1 Å². The highest BCUT2D eigenvalue weighted by Gasteiger charge is 2.25. The van der Waals surface area contributed by atoms with Crippen LogP contribution in [0.1, 0.15) is 39.0 Å². The van der Waals surface area contributed by atoms with Crippen molar-refractivity contribution in [2.45, 2.75) is 44.3 Å². The second-order valence-electron chi connectivity index (χ2n) is 3.71. The van der Waals surface area contributed by atoms with Crippen LogP contribution in [0.4, 0.5) is 0 Å². The third kappa shape index (κ3) is 2.94. The molecule has 0 aliphatic heterocycles. The van der Waals surface area contributed by atoms with Gasteiger partial charge in [-0.05, 0) is 25.2 Å². The summed E-state index contributed by atoms with van der Waals surface area (Å²) in [5.41, 5.74) is 0. The molecular formula is C8H15ClO2S. The number of rotatable bonds is 1. The van der Waals surface area contributed by atoms with Crippen molar-refractivity contribution < 1.29 is 8.42 Å². The first kappa shape index (κ1) is 10.3. The Morgan fingerprint density at radius 2 is 1.83 bits per heavy atom. The Balaban J connectivity index is 2.58. The van der Waals surface area contributed by atoms with E-state index in [1.807, 2.05) is 0 Å². The molecule has 1 saturated carbocycles. The summed E-state index contributed by atoms with van der Waals surface area (Å²) in [6.07, 6.45) is 4.63. The van der Waals surface area contributed by atoms with E-state index in [0.29, 0.717) is 5.92 Å². The highest BCUT2D eigenvalue weighted by molar-refractivity contribution is 8.14. The Morgan fingerprint density at radius 3 is 2.42 bits per heavy atom. The maximum Gasteiger partial charge on any atom is 0.235 e. The Kier molecular flexibility index (Phi) is 3.41. The lowest BCUT2D eigenvalue weighted by Crippen LogP contribution is -2.14. The van der Waals surface area contributed by atoms with Crippen molar-refractivity contribution in [2.24, 2.45) is 5.92 Å². The van der Waals surface area contributed by atoms with Crippen LogP contribution in [0.2, 0.25) is 0 Å². The van der Waals surface area contributed by atoms with E-state index in [9.17, 15) is 8.42 Å². The monoisotopic (exact) mass is 210 g/mol.